The molecule has 134 valence electrons. The number of rotatable bonds is 5. The Labute approximate surface area is 148 Å². The van der Waals surface area contributed by atoms with Crippen molar-refractivity contribution in [3.8, 4) is 0 Å². The van der Waals surface area contributed by atoms with Crippen molar-refractivity contribution in [3.05, 3.63) is 27.3 Å². The van der Waals surface area contributed by atoms with Crippen LogP contribution in [-0.4, -0.2) is 42.9 Å². The van der Waals surface area contributed by atoms with Gasteiger partial charge in [-0.05, 0) is 40.8 Å². The molecule has 0 aliphatic rings. The van der Waals surface area contributed by atoms with E-state index in [4.69, 9.17) is 4.55 Å². The van der Waals surface area contributed by atoms with E-state index in [-0.39, 0.29) is 11.3 Å². The van der Waals surface area contributed by atoms with Crippen molar-refractivity contribution in [2.45, 2.75) is 19.2 Å². The van der Waals surface area contributed by atoms with Crippen molar-refractivity contribution < 1.29 is 40.5 Å². The van der Waals surface area contributed by atoms with Gasteiger partial charge in [-0.1, -0.05) is 0 Å². The Bertz CT molecular complexity index is 750. The highest BCUT2D eigenvalue weighted by atomic mass is 127. The number of esters is 1. The fourth-order valence-corrected chi connectivity index (χ4v) is 2.63. The molecule has 12 heteroatoms. The Morgan fingerprint density at radius 2 is 1.96 bits per heavy atom. The molecule has 7 nitrogen and oxygen atoms in total. The van der Waals surface area contributed by atoms with Crippen molar-refractivity contribution in [3.63, 3.8) is 0 Å². The number of benzene rings is 1. The molecule has 0 saturated heterocycles. The van der Waals surface area contributed by atoms with Gasteiger partial charge in [0.05, 0.1) is 11.3 Å². The highest BCUT2D eigenvalue weighted by Crippen LogP contribution is 2.26. The largest absolute Gasteiger partial charge is 0.448 e. The predicted octanol–water partition coefficient (Wildman–Crippen LogP) is 2.23. The monoisotopic (exact) mass is 481 g/mol. The van der Waals surface area contributed by atoms with Crippen LogP contribution in [0.15, 0.2) is 18.2 Å². The molecule has 0 bridgehead atoms. The Morgan fingerprint density at radius 1 is 1.38 bits per heavy atom. The summed E-state index contributed by atoms with van der Waals surface area (Å²) in [7, 11) is -5.02. The second-order valence-electron chi connectivity index (χ2n) is 4.56. The number of amides is 1. The molecule has 24 heavy (non-hydrogen) atoms. The number of carbonyl (C=O) groups is 2. The summed E-state index contributed by atoms with van der Waals surface area (Å²) in [6, 6.07) is 3.59. The van der Waals surface area contributed by atoms with Gasteiger partial charge in [-0.15, -0.1) is 0 Å². The summed E-state index contributed by atoms with van der Waals surface area (Å²) in [6.45, 7) is 1.20. The number of ether oxygens (including phenoxy) is 1. The second kappa shape index (κ2) is 7.65. The van der Waals surface area contributed by atoms with Crippen LogP contribution in [0.2, 0.25) is 0 Å². The highest BCUT2D eigenvalue weighted by molar-refractivity contribution is 14.1. The fraction of sp³-hybridized carbons (Fsp3) is 0.333. The molecular formula is C12H11F3INO6S. The minimum Gasteiger partial charge on any atom is -0.448 e. The van der Waals surface area contributed by atoms with E-state index in [2.05, 4.69) is 10.1 Å². The number of halogens is 4. The first-order valence-corrected chi connectivity index (χ1v) is 8.78. The maximum Gasteiger partial charge on any atom is 0.426 e. The van der Waals surface area contributed by atoms with Crippen LogP contribution in [0.25, 0.3) is 0 Å². The van der Waals surface area contributed by atoms with Crippen molar-refractivity contribution in [2.24, 2.45) is 0 Å². The van der Waals surface area contributed by atoms with Crippen molar-refractivity contribution in [1.82, 2.24) is 0 Å². The van der Waals surface area contributed by atoms with E-state index in [1.807, 2.05) is 22.6 Å². The first-order chi connectivity index (χ1) is 10.8. The average molecular weight is 481 g/mol. The fourth-order valence-electron chi connectivity index (χ4n) is 1.52. The molecule has 1 unspecified atom stereocenters. The summed E-state index contributed by atoms with van der Waals surface area (Å²) in [5.41, 5.74) is -0.153. The van der Waals surface area contributed by atoms with Crippen LogP contribution >= 0.6 is 22.6 Å². The van der Waals surface area contributed by atoms with Gasteiger partial charge in [0.2, 0.25) is 12.0 Å². The zero-order valence-electron chi connectivity index (χ0n) is 11.9. The molecule has 0 heterocycles. The van der Waals surface area contributed by atoms with Crippen LogP contribution in [0.1, 0.15) is 17.3 Å². The normalized spacial score (nSPS) is 13.2. The van der Waals surface area contributed by atoms with Crippen molar-refractivity contribution in [1.29, 1.82) is 0 Å². The molecule has 1 rings (SSSR count). The van der Waals surface area contributed by atoms with Crippen LogP contribution in [0.5, 0.6) is 0 Å². The van der Waals surface area contributed by atoms with E-state index in [1.165, 1.54) is 13.0 Å². The lowest BCUT2D eigenvalue weighted by Gasteiger charge is -2.19. The maximum atomic E-state index is 12.7. The van der Waals surface area contributed by atoms with E-state index in [0.29, 0.717) is 3.57 Å². The SMILES string of the molecule is CC(=O)Nc1cc(C(=O)OC(CS(=O)(=O)O)C(F)(F)F)ccc1I. The summed E-state index contributed by atoms with van der Waals surface area (Å²) >= 11 is 1.83. The van der Waals surface area contributed by atoms with Gasteiger partial charge < -0.3 is 10.1 Å². The van der Waals surface area contributed by atoms with Gasteiger partial charge in [-0.2, -0.15) is 21.6 Å². The Kier molecular flexibility index (Phi) is 6.58. The molecule has 0 fully saturated rings. The van der Waals surface area contributed by atoms with Crippen LogP contribution in [0.3, 0.4) is 0 Å². The van der Waals surface area contributed by atoms with Gasteiger partial charge >= 0.3 is 12.1 Å². The molecule has 0 spiro atoms. The molecule has 0 saturated carbocycles. The quantitative estimate of drug-likeness (QED) is 0.380. The molecule has 0 aromatic heterocycles. The summed E-state index contributed by atoms with van der Waals surface area (Å²) in [4.78, 5) is 22.9. The molecule has 1 aromatic rings. The molecule has 0 aliphatic carbocycles. The number of hydrogen-bond acceptors (Lipinski definition) is 5. The Morgan fingerprint density at radius 3 is 2.42 bits per heavy atom. The molecule has 2 N–H and O–H groups in total. The molecule has 1 amide bonds. The minimum atomic E-state index is -5.19. The van der Waals surface area contributed by atoms with E-state index >= 15 is 0 Å². The van der Waals surface area contributed by atoms with E-state index in [0.717, 1.165) is 12.1 Å². The summed E-state index contributed by atoms with van der Waals surface area (Å²) in [5.74, 6) is -3.73. The lowest BCUT2D eigenvalue weighted by molar-refractivity contribution is -0.197. The number of carbonyl (C=O) groups excluding carboxylic acids is 2. The van der Waals surface area contributed by atoms with Gasteiger partial charge in [0.15, 0.2) is 0 Å². The van der Waals surface area contributed by atoms with Crippen LogP contribution in [0.4, 0.5) is 18.9 Å². The van der Waals surface area contributed by atoms with Gasteiger partial charge in [-0.3, -0.25) is 9.35 Å². The standard InChI is InChI=1S/C12H11F3INO6S/c1-6(18)17-9-4-7(2-3-8(9)16)11(19)23-10(12(13,14)15)5-24(20,21)22/h2-4,10H,5H2,1H3,(H,17,18)(H,20,21,22). The van der Waals surface area contributed by atoms with E-state index < -0.39 is 40.0 Å². The topological polar surface area (TPSA) is 110 Å². The zero-order valence-corrected chi connectivity index (χ0v) is 14.9. The van der Waals surface area contributed by atoms with Crippen LogP contribution in [0, 0.1) is 3.57 Å². The molecule has 1 aromatic carbocycles. The van der Waals surface area contributed by atoms with Crippen LogP contribution in [-0.2, 0) is 19.6 Å². The second-order valence-corrected chi connectivity index (χ2v) is 7.22. The minimum absolute atomic E-state index is 0.177. The van der Waals surface area contributed by atoms with Crippen molar-refractivity contribution >= 4 is 50.3 Å². The molecular weight excluding hydrogens is 470 g/mol. The van der Waals surface area contributed by atoms with E-state index in [1.54, 1.807) is 0 Å². The number of anilines is 1. The Hall–Kier alpha value is -1.41. The van der Waals surface area contributed by atoms with Gasteiger partial charge in [0, 0.05) is 10.5 Å². The average Bonchev–Trinajstić information content (AvgIpc) is 2.37. The van der Waals surface area contributed by atoms with Crippen molar-refractivity contribution in [2.75, 3.05) is 11.1 Å². The maximum absolute atomic E-state index is 12.7. The third kappa shape index (κ3) is 6.60. The zero-order chi connectivity index (χ0) is 18.7. The number of hydrogen-bond donors (Lipinski definition) is 2. The molecule has 0 radical (unpaired) electrons. The third-order valence-electron chi connectivity index (χ3n) is 2.49. The summed E-state index contributed by atoms with van der Waals surface area (Å²) in [6.07, 6.45) is -8.21. The lowest BCUT2D eigenvalue weighted by Crippen LogP contribution is -2.39. The first-order valence-electron chi connectivity index (χ1n) is 6.09. The van der Waals surface area contributed by atoms with E-state index in [9.17, 15) is 31.2 Å². The molecule has 1 atom stereocenters. The Balaban J connectivity index is 3.05. The summed E-state index contributed by atoms with van der Waals surface area (Å²) in [5, 5.41) is 2.38. The van der Waals surface area contributed by atoms with Crippen LogP contribution < -0.4 is 5.32 Å². The van der Waals surface area contributed by atoms with Gasteiger partial charge in [-0.25, -0.2) is 4.79 Å². The van der Waals surface area contributed by atoms with Gasteiger partial charge in [0.1, 0.15) is 5.75 Å². The first kappa shape index (κ1) is 20.6. The molecule has 0 aliphatic heterocycles. The van der Waals surface area contributed by atoms with Gasteiger partial charge in [0.25, 0.3) is 10.1 Å². The highest BCUT2D eigenvalue weighted by Gasteiger charge is 2.45. The summed E-state index contributed by atoms with van der Waals surface area (Å²) < 4.78 is 72.7. The smallest absolute Gasteiger partial charge is 0.426 e. The number of alkyl halides is 3. The third-order valence-corrected chi connectivity index (χ3v) is 4.15. The number of nitrogens with one attached hydrogen (secondary N) is 1. The lowest BCUT2D eigenvalue weighted by atomic mass is 10.2. The predicted molar refractivity (Wildman–Crippen MR) is 85.1 cm³/mol.